The lowest BCUT2D eigenvalue weighted by Gasteiger charge is -2.21. The van der Waals surface area contributed by atoms with E-state index in [1.54, 1.807) is 6.26 Å². The zero-order valence-electron chi connectivity index (χ0n) is 13.7. The van der Waals surface area contributed by atoms with Crippen LogP contribution in [0.25, 0.3) is 0 Å². The number of rotatable bonds is 6. The fourth-order valence-electron chi connectivity index (χ4n) is 2.19. The Morgan fingerprint density at radius 2 is 2.10 bits per heavy atom. The van der Waals surface area contributed by atoms with Gasteiger partial charge in [-0.25, -0.2) is 0 Å². The molecule has 116 valence electrons. The van der Waals surface area contributed by atoms with Gasteiger partial charge in [0, 0.05) is 43.0 Å². The predicted molar refractivity (Wildman–Crippen MR) is 83.7 cm³/mol. The molecule has 0 unspecified atom stereocenters. The lowest BCUT2D eigenvalue weighted by molar-refractivity contribution is 0.285. The van der Waals surface area contributed by atoms with E-state index in [-0.39, 0.29) is 5.54 Å². The maximum absolute atomic E-state index is 5.64. The molecule has 0 saturated heterocycles. The summed E-state index contributed by atoms with van der Waals surface area (Å²) < 4.78 is 7.47. The third kappa shape index (κ3) is 5.02. The largest absolute Gasteiger partial charge is 0.468 e. The molecule has 0 radical (unpaired) electrons. The Balaban J connectivity index is 1.92. The normalized spacial score (nSPS) is 12.3. The molecule has 0 spiro atoms. The minimum absolute atomic E-state index is 0.107. The first-order valence-electron chi connectivity index (χ1n) is 7.30. The third-order valence-electron chi connectivity index (χ3n) is 3.27. The Hall–Kier alpha value is -1.59. The predicted octanol–water partition coefficient (Wildman–Crippen LogP) is 2.53. The van der Waals surface area contributed by atoms with Crippen molar-refractivity contribution in [1.29, 1.82) is 0 Å². The van der Waals surface area contributed by atoms with Crippen LogP contribution >= 0.6 is 0 Å². The Morgan fingerprint density at radius 1 is 1.33 bits per heavy atom. The molecular weight excluding hydrogens is 264 g/mol. The number of hydrogen-bond acceptors (Lipinski definition) is 4. The smallest absolute Gasteiger partial charge is 0.122 e. The average molecular weight is 290 g/mol. The Morgan fingerprint density at radius 3 is 2.71 bits per heavy atom. The van der Waals surface area contributed by atoms with E-state index < -0.39 is 0 Å². The number of furan rings is 1. The zero-order valence-corrected chi connectivity index (χ0v) is 13.7. The standard InChI is InChI=1S/C16H26N4O/c1-16(2,3)17-9-14-6-7-21-15(14)12-19(4)10-13-8-18-20(5)11-13/h6-8,11,17H,9-10,12H2,1-5H3. The van der Waals surface area contributed by atoms with E-state index in [1.807, 2.05) is 30.2 Å². The summed E-state index contributed by atoms with van der Waals surface area (Å²) in [7, 11) is 4.03. The van der Waals surface area contributed by atoms with Crippen LogP contribution in [-0.4, -0.2) is 27.3 Å². The minimum atomic E-state index is 0.107. The summed E-state index contributed by atoms with van der Waals surface area (Å²) in [5, 5.41) is 7.70. The van der Waals surface area contributed by atoms with E-state index >= 15 is 0 Å². The van der Waals surface area contributed by atoms with Crippen LogP contribution in [0.4, 0.5) is 0 Å². The molecule has 2 aromatic rings. The highest BCUT2D eigenvalue weighted by molar-refractivity contribution is 5.17. The van der Waals surface area contributed by atoms with Crippen LogP contribution in [0.5, 0.6) is 0 Å². The van der Waals surface area contributed by atoms with Gasteiger partial charge in [-0.1, -0.05) is 0 Å². The fourth-order valence-corrected chi connectivity index (χ4v) is 2.19. The van der Waals surface area contributed by atoms with E-state index in [2.05, 4.69) is 43.1 Å². The monoisotopic (exact) mass is 290 g/mol. The van der Waals surface area contributed by atoms with Crippen LogP contribution in [0, 0.1) is 0 Å². The van der Waals surface area contributed by atoms with Gasteiger partial charge in [-0.3, -0.25) is 9.58 Å². The first kappa shape index (κ1) is 15.8. The fraction of sp³-hybridized carbons (Fsp3) is 0.562. The van der Waals surface area contributed by atoms with E-state index in [4.69, 9.17) is 4.42 Å². The number of hydrogen-bond donors (Lipinski definition) is 1. The minimum Gasteiger partial charge on any atom is -0.468 e. The molecule has 0 aliphatic heterocycles. The van der Waals surface area contributed by atoms with Crippen molar-refractivity contribution >= 4 is 0 Å². The van der Waals surface area contributed by atoms with Gasteiger partial charge < -0.3 is 9.73 Å². The second-order valence-electron chi connectivity index (χ2n) is 6.67. The second kappa shape index (κ2) is 6.45. The molecule has 5 heteroatoms. The molecule has 1 N–H and O–H groups in total. The van der Waals surface area contributed by atoms with Crippen LogP contribution in [-0.2, 0) is 26.7 Å². The summed E-state index contributed by atoms with van der Waals surface area (Å²) in [4.78, 5) is 2.23. The maximum atomic E-state index is 5.64. The van der Waals surface area contributed by atoms with Gasteiger partial charge in [-0.05, 0) is 33.9 Å². The van der Waals surface area contributed by atoms with Crippen LogP contribution in [0.2, 0.25) is 0 Å². The van der Waals surface area contributed by atoms with Crippen LogP contribution in [0.15, 0.2) is 29.1 Å². The molecule has 2 aromatic heterocycles. The number of nitrogens with zero attached hydrogens (tertiary/aromatic N) is 3. The van der Waals surface area contributed by atoms with Crippen molar-refractivity contribution in [2.24, 2.45) is 7.05 Å². The van der Waals surface area contributed by atoms with Gasteiger partial charge in [0.05, 0.1) is 19.0 Å². The second-order valence-corrected chi connectivity index (χ2v) is 6.67. The van der Waals surface area contributed by atoms with Gasteiger partial charge in [0.25, 0.3) is 0 Å². The molecule has 0 fully saturated rings. The van der Waals surface area contributed by atoms with Crippen molar-refractivity contribution in [2.45, 2.75) is 45.9 Å². The molecule has 0 amide bonds. The molecule has 2 rings (SSSR count). The number of nitrogens with one attached hydrogen (secondary N) is 1. The summed E-state index contributed by atoms with van der Waals surface area (Å²) in [5.74, 6) is 1.03. The van der Waals surface area contributed by atoms with Crippen molar-refractivity contribution in [3.8, 4) is 0 Å². The summed E-state index contributed by atoms with van der Waals surface area (Å²) in [6.45, 7) is 8.99. The molecule has 0 aliphatic rings. The highest BCUT2D eigenvalue weighted by Gasteiger charge is 2.13. The molecule has 0 bridgehead atoms. The van der Waals surface area contributed by atoms with Crippen molar-refractivity contribution in [2.75, 3.05) is 7.05 Å². The van der Waals surface area contributed by atoms with E-state index in [9.17, 15) is 0 Å². The quantitative estimate of drug-likeness (QED) is 0.888. The third-order valence-corrected chi connectivity index (χ3v) is 3.27. The summed E-state index contributed by atoms with van der Waals surface area (Å²) >= 11 is 0. The van der Waals surface area contributed by atoms with Crippen molar-refractivity contribution < 1.29 is 4.42 Å². The van der Waals surface area contributed by atoms with E-state index in [0.717, 1.165) is 25.4 Å². The maximum Gasteiger partial charge on any atom is 0.122 e. The molecule has 0 saturated carbocycles. The molecule has 0 atom stereocenters. The first-order chi connectivity index (χ1) is 9.83. The molecule has 0 aromatic carbocycles. The SMILES string of the molecule is CN(Cc1cnn(C)c1)Cc1occc1CNC(C)(C)C. The van der Waals surface area contributed by atoms with Gasteiger partial charge in [0.1, 0.15) is 5.76 Å². The highest BCUT2D eigenvalue weighted by Crippen LogP contribution is 2.15. The van der Waals surface area contributed by atoms with Crippen molar-refractivity contribution in [3.63, 3.8) is 0 Å². The van der Waals surface area contributed by atoms with Gasteiger partial charge >= 0.3 is 0 Å². The summed E-state index contributed by atoms with van der Waals surface area (Å²) in [6.07, 6.45) is 5.72. The number of aryl methyl sites for hydroxylation is 1. The van der Waals surface area contributed by atoms with Crippen molar-refractivity contribution in [1.82, 2.24) is 20.0 Å². The molecule has 0 aliphatic carbocycles. The van der Waals surface area contributed by atoms with Crippen LogP contribution < -0.4 is 5.32 Å². The van der Waals surface area contributed by atoms with Gasteiger partial charge in [-0.15, -0.1) is 0 Å². The van der Waals surface area contributed by atoms with Gasteiger partial charge in [0.15, 0.2) is 0 Å². The van der Waals surface area contributed by atoms with Gasteiger partial charge in [-0.2, -0.15) is 5.10 Å². The lowest BCUT2D eigenvalue weighted by Crippen LogP contribution is -2.35. The molecule has 5 nitrogen and oxygen atoms in total. The van der Waals surface area contributed by atoms with Gasteiger partial charge in [0.2, 0.25) is 0 Å². The first-order valence-corrected chi connectivity index (χ1v) is 7.30. The van der Waals surface area contributed by atoms with Crippen LogP contribution in [0.3, 0.4) is 0 Å². The Kier molecular flexibility index (Phi) is 4.85. The lowest BCUT2D eigenvalue weighted by atomic mass is 10.1. The van der Waals surface area contributed by atoms with E-state index in [0.29, 0.717) is 0 Å². The number of aromatic nitrogens is 2. The van der Waals surface area contributed by atoms with E-state index in [1.165, 1.54) is 11.1 Å². The van der Waals surface area contributed by atoms with Crippen molar-refractivity contribution in [3.05, 3.63) is 41.6 Å². The summed E-state index contributed by atoms with van der Waals surface area (Å²) in [6, 6.07) is 2.05. The zero-order chi connectivity index (χ0) is 15.5. The molecular formula is C16H26N4O. The van der Waals surface area contributed by atoms with Crippen LogP contribution in [0.1, 0.15) is 37.7 Å². The topological polar surface area (TPSA) is 46.2 Å². The Bertz CT molecular complexity index is 565. The highest BCUT2D eigenvalue weighted by atomic mass is 16.3. The summed E-state index contributed by atoms with van der Waals surface area (Å²) in [5.41, 5.74) is 2.54. The Labute approximate surface area is 126 Å². The molecule has 21 heavy (non-hydrogen) atoms. The molecule has 2 heterocycles. The average Bonchev–Trinajstić information content (AvgIpc) is 2.95.